The van der Waals surface area contributed by atoms with E-state index in [1.54, 1.807) is 6.07 Å². The molecule has 2 aromatic rings. The van der Waals surface area contributed by atoms with Gasteiger partial charge >= 0.3 is 18.9 Å². The zero-order valence-electron chi connectivity index (χ0n) is 14.7. The summed E-state index contributed by atoms with van der Waals surface area (Å²) in [5.41, 5.74) is 2.94. The van der Waals surface area contributed by atoms with Crippen LogP contribution in [0.4, 0.5) is 4.39 Å². The fourth-order valence-electron chi connectivity index (χ4n) is 3.06. The first-order valence-electron chi connectivity index (χ1n) is 7.73. The summed E-state index contributed by atoms with van der Waals surface area (Å²) in [6.45, 7) is 1.91. The van der Waals surface area contributed by atoms with Gasteiger partial charge in [0.15, 0.2) is 0 Å². The number of hydrogen-bond donors (Lipinski definition) is 0. The first kappa shape index (κ1) is 19.7. The molecule has 0 radical (unpaired) electrons. The Bertz CT molecular complexity index is 779. The van der Waals surface area contributed by atoms with Crippen molar-refractivity contribution < 1.29 is 37.9 Å². The molecule has 2 heterocycles. The molecule has 0 unspecified atom stereocenters. The van der Waals surface area contributed by atoms with E-state index < -0.39 is 5.97 Å². The maximum Gasteiger partial charge on any atom is 1.00 e. The largest absolute Gasteiger partial charge is 1.00 e. The molecule has 8 heteroatoms. The second-order valence-electron chi connectivity index (χ2n) is 6.08. The van der Waals surface area contributed by atoms with Gasteiger partial charge in [-0.3, -0.25) is 4.68 Å². The molecule has 0 atom stereocenters. The van der Waals surface area contributed by atoms with Crippen LogP contribution in [-0.2, 0) is 30.9 Å². The Balaban J connectivity index is 0.00000225. The van der Waals surface area contributed by atoms with Crippen molar-refractivity contribution in [3.63, 3.8) is 0 Å². The van der Waals surface area contributed by atoms with Gasteiger partial charge < -0.3 is 19.5 Å². The summed E-state index contributed by atoms with van der Waals surface area (Å²) >= 11 is 0. The zero-order valence-corrected chi connectivity index (χ0v) is 14.7. The molecule has 1 aromatic heterocycles. The molecule has 128 valence electrons. The molecule has 1 aliphatic heterocycles. The van der Waals surface area contributed by atoms with Crippen LogP contribution in [-0.4, -0.2) is 41.4 Å². The summed E-state index contributed by atoms with van der Waals surface area (Å²) < 4.78 is 20.9. The van der Waals surface area contributed by atoms with Crippen molar-refractivity contribution in [3.8, 4) is 0 Å². The summed E-state index contributed by atoms with van der Waals surface area (Å²) in [5.74, 6) is -1.62. The summed E-state index contributed by atoms with van der Waals surface area (Å²) in [6.07, 6.45) is 2.04. The molecule has 0 aliphatic carbocycles. The number of aromatic carboxylic acids is 1. The number of rotatable bonds is 5. The maximum atomic E-state index is 14.4. The number of aromatic nitrogens is 2. The zero-order chi connectivity index (χ0) is 17.3. The Morgan fingerprint density at radius 3 is 2.84 bits per heavy atom. The van der Waals surface area contributed by atoms with E-state index in [0.29, 0.717) is 11.3 Å². The first-order chi connectivity index (χ1) is 11.5. The minimum Gasteiger partial charge on any atom is -0.545 e. The number of halogens is 1. The van der Waals surface area contributed by atoms with Crippen molar-refractivity contribution in [2.45, 2.75) is 26.1 Å². The van der Waals surface area contributed by atoms with Crippen LogP contribution >= 0.6 is 0 Å². The maximum absolute atomic E-state index is 14.4. The van der Waals surface area contributed by atoms with Crippen LogP contribution in [0.2, 0.25) is 0 Å². The summed E-state index contributed by atoms with van der Waals surface area (Å²) in [6, 6.07) is 3.42. The Labute approximate surface area is 157 Å². The predicted octanol–water partition coefficient (Wildman–Crippen LogP) is -2.43. The van der Waals surface area contributed by atoms with Gasteiger partial charge in [0, 0.05) is 31.3 Å². The Hall–Kier alpha value is -1.65. The quantitative estimate of drug-likeness (QED) is 0.567. The number of carboxylic acids is 1. The van der Waals surface area contributed by atoms with Gasteiger partial charge in [-0.05, 0) is 36.7 Å². The summed E-state index contributed by atoms with van der Waals surface area (Å²) in [4.78, 5) is 13.3. The van der Waals surface area contributed by atoms with Crippen LogP contribution in [0, 0.1) is 5.82 Å². The van der Waals surface area contributed by atoms with Gasteiger partial charge in [0.2, 0.25) is 0 Å². The van der Waals surface area contributed by atoms with Crippen molar-refractivity contribution in [1.82, 2.24) is 14.7 Å². The fraction of sp³-hybridized carbons (Fsp3) is 0.412. The van der Waals surface area contributed by atoms with Gasteiger partial charge in [0.1, 0.15) is 5.82 Å². The number of benzene rings is 1. The van der Waals surface area contributed by atoms with Gasteiger partial charge in [0.25, 0.3) is 0 Å². The second-order valence-corrected chi connectivity index (χ2v) is 6.08. The van der Waals surface area contributed by atoms with Crippen LogP contribution in [0.1, 0.15) is 32.7 Å². The van der Waals surface area contributed by atoms with Gasteiger partial charge in [-0.2, -0.15) is 5.10 Å². The third kappa shape index (κ3) is 4.13. The molecular weight excluding hydrogens is 320 g/mol. The van der Waals surface area contributed by atoms with Crippen LogP contribution in [0.3, 0.4) is 0 Å². The van der Waals surface area contributed by atoms with E-state index in [-0.39, 0.29) is 43.4 Å². The van der Waals surface area contributed by atoms with Crippen molar-refractivity contribution in [2.24, 2.45) is 0 Å². The number of methoxy groups -OCH3 is 1. The van der Waals surface area contributed by atoms with Crippen molar-refractivity contribution >= 4 is 5.97 Å². The number of nitrogens with zero attached hydrogens (tertiary/aromatic N) is 3. The van der Waals surface area contributed by atoms with E-state index >= 15 is 0 Å². The van der Waals surface area contributed by atoms with Crippen LogP contribution in [0.5, 0.6) is 0 Å². The van der Waals surface area contributed by atoms with E-state index in [2.05, 4.69) is 10.00 Å². The Kier molecular flexibility index (Phi) is 6.41. The number of carboxylic acid groups (broad SMARTS) is 1. The molecule has 6 nitrogen and oxygen atoms in total. The van der Waals surface area contributed by atoms with Gasteiger partial charge in [-0.25, -0.2) is 4.39 Å². The predicted molar refractivity (Wildman–Crippen MR) is 82.8 cm³/mol. The van der Waals surface area contributed by atoms with Crippen molar-refractivity contribution in [1.29, 1.82) is 0 Å². The average Bonchev–Trinajstić information content (AvgIpc) is 2.92. The number of hydrogen-bond acceptors (Lipinski definition) is 5. The minimum absolute atomic E-state index is 0. The van der Waals surface area contributed by atoms with Crippen molar-refractivity contribution in [3.05, 3.63) is 52.1 Å². The number of fused-ring (bicyclic) bond motifs is 1. The number of ether oxygens (including phenoxy) is 1. The fourth-order valence-corrected chi connectivity index (χ4v) is 3.06. The van der Waals surface area contributed by atoms with Crippen LogP contribution in [0.25, 0.3) is 0 Å². The monoisotopic (exact) mass is 339 g/mol. The molecular formula is C17H19FLiN3O3. The van der Waals surface area contributed by atoms with Gasteiger partial charge in [0.05, 0.1) is 31.0 Å². The molecule has 1 aliphatic rings. The van der Waals surface area contributed by atoms with Crippen molar-refractivity contribution in [2.75, 3.05) is 20.7 Å². The summed E-state index contributed by atoms with van der Waals surface area (Å²) in [5, 5.41) is 15.2. The number of likely N-dealkylation sites (N-methyl/N-ethyl adjacent to an activating group) is 1. The molecule has 0 N–H and O–H groups in total. The normalized spacial score (nSPS) is 14.0. The topological polar surface area (TPSA) is 70.4 Å². The van der Waals surface area contributed by atoms with E-state index in [0.717, 1.165) is 30.6 Å². The minimum atomic E-state index is -1.32. The average molecular weight is 339 g/mol. The third-order valence-corrected chi connectivity index (χ3v) is 4.34. The van der Waals surface area contributed by atoms with Gasteiger partial charge in [-0.1, -0.05) is 0 Å². The van der Waals surface area contributed by atoms with Gasteiger partial charge in [-0.15, -0.1) is 0 Å². The number of carbonyl (C=O) groups is 1. The summed E-state index contributed by atoms with van der Waals surface area (Å²) in [7, 11) is 3.49. The molecule has 1 aromatic carbocycles. The Morgan fingerprint density at radius 1 is 1.40 bits per heavy atom. The second kappa shape index (κ2) is 8.15. The SMILES string of the molecule is COCc1c(C(=O)[O-])cnn1Cc1cc2c(cc1F)CCN(C)C2.[Li+]. The Morgan fingerprint density at radius 2 is 2.16 bits per heavy atom. The third-order valence-electron chi connectivity index (χ3n) is 4.34. The van der Waals surface area contributed by atoms with Crippen LogP contribution in [0.15, 0.2) is 18.3 Å². The molecule has 0 bridgehead atoms. The molecule has 0 saturated carbocycles. The van der Waals surface area contributed by atoms with E-state index in [9.17, 15) is 14.3 Å². The standard InChI is InChI=1S/C17H20FN3O3.Li/c1-20-4-3-11-6-15(18)13(5-12(11)8-20)9-21-16(10-24-2)14(7-19-21)17(22)23;/h5-7H,3-4,8-10H2,1-2H3,(H,22,23);/q;+1/p-1. The molecule has 0 spiro atoms. The van der Waals surface area contributed by atoms with E-state index in [4.69, 9.17) is 4.74 Å². The number of carbonyl (C=O) groups excluding carboxylic acids is 1. The smallest absolute Gasteiger partial charge is 0.545 e. The van der Waals surface area contributed by atoms with Crippen LogP contribution < -0.4 is 24.0 Å². The molecule has 3 rings (SSSR count). The molecule has 0 amide bonds. The van der Waals surface area contributed by atoms with E-state index in [1.807, 2.05) is 13.1 Å². The molecule has 25 heavy (non-hydrogen) atoms. The first-order valence-corrected chi connectivity index (χ1v) is 7.73. The molecule has 0 fully saturated rings. The molecule has 0 saturated heterocycles. The van der Waals surface area contributed by atoms with E-state index in [1.165, 1.54) is 18.0 Å².